The topological polar surface area (TPSA) is 66.0 Å². The maximum absolute atomic E-state index is 8.91. The van der Waals surface area contributed by atoms with Gasteiger partial charge in [0.05, 0.1) is 37.5 Å². The molecular formula is C26H20N2O2. The van der Waals surface area contributed by atoms with E-state index in [-0.39, 0.29) is 0 Å². The number of hydrogen-bond acceptors (Lipinski definition) is 4. The molecule has 0 unspecified atom stereocenters. The lowest BCUT2D eigenvalue weighted by atomic mass is 10.0. The number of ether oxygens (including phenoxy) is 2. The molecule has 0 bridgehead atoms. The van der Waals surface area contributed by atoms with Crippen molar-refractivity contribution >= 4 is 24.3 Å². The van der Waals surface area contributed by atoms with E-state index in [1.807, 2.05) is 60.7 Å². The first kappa shape index (κ1) is 20.5. The van der Waals surface area contributed by atoms with Crippen LogP contribution in [0.5, 0.6) is 11.5 Å². The van der Waals surface area contributed by atoms with E-state index >= 15 is 0 Å². The van der Waals surface area contributed by atoms with Crippen molar-refractivity contribution in [3.8, 4) is 23.6 Å². The van der Waals surface area contributed by atoms with Gasteiger partial charge in [0, 0.05) is 11.1 Å². The van der Waals surface area contributed by atoms with E-state index in [1.54, 1.807) is 38.5 Å². The summed E-state index contributed by atoms with van der Waals surface area (Å²) in [5.41, 5.74) is 5.00. The molecule has 4 heteroatoms. The Hall–Kier alpha value is -4.28. The highest BCUT2D eigenvalue weighted by Crippen LogP contribution is 2.31. The first-order valence-corrected chi connectivity index (χ1v) is 9.29. The third kappa shape index (κ3) is 4.95. The van der Waals surface area contributed by atoms with Crippen LogP contribution in [0.2, 0.25) is 0 Å². The summed E-state index contributed by atoms with van der Waals surface area (Å²) in [7, 11) is 3.27. The molecule has 0 atom stereocenters. The van der Waals surface area contributed by atoms with E-state index in [0.717, 1.165) is 33.8 Å². The summed E-state index contributed by atoms with van der Waals surface area (Å²) in [4.78, 5) is 0. The number of methoxy groups -OCH3 is 2. The maximum Gasteiger partial charge on any atom is 0.126 e. The molecule has 0 saturated carbocycles. The number of rotatable bonds is 6. The highest BCUT2D eigenvalue weighted by Gasteiger charge is 2.08. The van der Waals surface area contributed by atoms with Gasteiger partial charge in [0.25, 0.3) is 0 Å². The van der Waals surface area contributed by atoms with Crippen molar-refractivity contribution in [2.45, 2.75) is 0 Å². The van der Waals surface area contributed by atoms with Gasteiger partial charge in [0.15, 0.2) is 0 Å². The van der Waals surface area contributed by atoms with Gasteiger partial charge in [-0.1, -0.05) is 48.6 Å². The number of hydrogen-bond donors (Lipinski definition) is 0. The van der Waals surface area contributed by atoms with Crippen molar-refractivity contribution in [3.05, 3.63) is 94.0 Å². The second kappa shape index (κ2) is 9.78. The van der Waals surface area contributed by atoms with Gasteiger partial charge in [-0.2, -0.15) is 10.5 Å². The summed E-state index contributed by atoms with van der Waals surface area (Å²) >= 11 is 0. The van der Waals surface area contributed by atoms with Crippen molar-refractivity contribution in [1.82, 2.24) is 0 Å². The van der Waals surface area contributed by atoms with E-state index < -0.39 is 0 Å². The van der Waals surface area contributed by atoms with Gasteiger partial charge in [-0.15, -0.1) is 0 Å². The van der Waals surface area contributed by atoms with Crippen LogP contribution in [0.15, 0.2) is 60.7 Å². The molecule has 0 N–H and O–H groups in total. The van der Waals surface area contributed by atoms with Crippen LogP contribution < -0.4 is 9.47 Å². The zero-order chi connectivity index (χ0) is 21.3. The van der Waals surface area contributed by atoms with Crippen molar-refractivity contribution < 1.29 is 9.47 Å². The highest BCUT2D eigenvalue weighted by molar-refractivity contribution is 5.79. The Balaban J connectivity index is 1.89. The van der Waals surface area contributed by atoms with Gasteiger partial charge in [-0.25, -0.2) is 0 Å². The molecule has 146 valence electrons. The zero-order valence-corrected chi connectivity index (χ0v) is 16.8. The largest absolute Gasteiger partial charge is 0.496 e. The zero-order valence-electron chi connectivity index (χ0n) is 16.8. The SMILES string of the molecule is COc1cc(/C=C/c2ccc(C#N)cc2)c(OC)cc1/C=C/c1ccc(C#N)cc1. The normalized spacial score (nSPS) is 10.7. The molecule has 0 aromatic heterocycles. The summed E-state index contributed by atoms with van der Waals surface area (Å²) in [6, 6.07) is 22.8. The van der Waals surface area contributed by atoms with Gasteiger partial charge in [-0.05, 0) is 47.5 Å². The summed E-state index contributed by atoms with van der Waals surface area (Å²) in [5.74, 6) is 1.44. The lowest BCUT2D eigenvalue weighted by Gasteiger charge is -2.11. The molecule has 0 heterocycles. The average Bonchev–Trinajstić information content (AvgIpc) is 2.81. The van der Waals surface area contributed by atoms with E-state index in [9.17, 15) is 0 Å². The Kier molecular flexibility index (Phi) is 6.66. The van der Waals surface area contributed by atoms with Crippen LogP contribution in [0.1, 0.15) is 33.4 Å². The third-order valence-electron chi connectivity index (χ3n) is 4.57. The molecule has 3 aromatic rings. The Morgan fingerprint density at radius 2 is 0.967 bits per heavy atom. The molecule has 4 nitrogen and oxygen atoms in total. The van der Waals surface area contributed by atoms with Gasteiger partial charge in [-0.3, -0.25) is 0 Å². The van der Waals surface area contributed by atoms with Gasteiger partial charge < -0.3 is 9.47 Å². The van der Waals surface area contributed by atoms with Crippen LogP contribution in [0.4, 0.5) is 0 Å². The Morgan fingerprint density at radius 3 is 1.27 bits per heavy atom. The minimum Gasteiger partial charge on any atom is -0.496 e. The molecule has 0 aliphatic heterocycles. The summed E-state index contributed by atoms with van der Waals surface area (Å²) in [6.07, 6.45) is 7.84. The van der Waals surface area contributed by atoms with Crippen molar-refractivity contribution in [2.75, 3.05) is 14.2 Å². The molecule has 0 amide bonds. The maximum atomic E-state index is 8.91. The minimum absolute atomic E-state index is 0.629. The molecule has 0 aliphatic rings. The quantitative estimate of drug-likeness (QED) is 0.498. The van der Waals surface area contributed by atoms with Gasteiger partial charge in [0.1, 0.15) is 11.5 Å². The van der Waals surface area contributed by atoms with Crippen molar-refractivity contribution in [3.63, 3.8) is 0 Å². The molecule has 0 fully saturated rings. The van der Waals surface area contributed by atoms with Crippen LogP contribution in [-0.4, -0.2) is 14.2 Å². The summed E-state index contributed by atoms with van der Waals surface area (Å²) in [6.45, 7) is 0. The van der Waals surface area contributed by atoms with Crippen molar-refractivity contribution in [2.24, 2.45) is 0 Å². The van der Waals surface area contributed by atoms with Gasteiger partial charge in [0.2, 0.25) is 0 Å². The fraction of sp³-hybridized carbons (Fsp3) is 0.0769. The lowest BCUT2D eigenvalue weighted by molar-refractivity contribution is 0.401. The van der Waals surface area contributed by atoms with Gasteiger partial charge >= 0.3 is 0 Å². The molecule has 0 saturated heterocycles. The van der Waals surface area contributed by atoms with E-state index in [2.05, 4.69) is 12.1 Å². The Morgan fingerprint density at radius 1 is 0.600 bits per heavy atom. The second-order valence-corrected chi connectivity index (χ2v) is 6.47. The molecule has 3 aromatic carbocycles. The summed E-state index contributed by atoms with van der Waals surface area (Å²) in [5, 5.41) is 17.8. The number of nitriles is 2. The Labute approximate surface area is 176 Å². The molecule has 0 spiro atoms. The first-order chi connectivity index (χ1) is 14.7. The molecular weight excluding hydrogens is 372 g/mol. The summed E-state index contributed by atoms with van der Waals surface area (Å²) < 4.78 is 11.1. The molecule has 30 heavy (non-hydrogen) atoms. The first-order valence-electron chi connectivity index (χ1n) is 9.29. The van der Waals surface area contributed by atoms with E-state index in [0.29, 0.717) is 11.1 Å². The highest BCUT2D eigenvalue weighted by atomic mass is 16.5. The van der Waals surface area contributed by atoms with Crippen LogP contribution >= 0.6 is 0 Å². The second-order valence-electron chi connectivity index (χ2n) is 6.47. The molecule has 3 rings (SSSR count). The average molecular weight is 392 g/mol. The Bertz CT molecular complexity index is 1060. The monoisotopic (exact) mass is 392 g/mol. The van der Waals surface area contributed by atoms with E-state index in [1.165, 1.54) is 0 Å². The lowest BCUT2D eigenvalue weighted by Crippen LogP contribution is -1.93. The standard InChI is InChI=1S/C26H20N2O2/c1-29-25-15-24(14-12-20-5-9-22(18-28)10-6-20)26(30-2)16-23(25)13-11-19-3-7-21(17-27)8-4-19/h3-16H,1-2H3/b13-11+,14-12+. The third-order valence-corrected chi connectivity index (χ3v) is 4.57. The molecule has 0 radical (unpaired) electrons. The smallest absolute Gasteiger partial charge is 0.126 e. The predicted molar refractivity (Wildman–Crippen MR) is 120 cm³/mol. The fourth-order valence-corrected chi connectivity index (χ4v) is 2.91. The van der Waals surface area contributed by atoms with E-state index in [4.69, 9.17) is 20.0 Å². The van der Waals surface area contributed by atoms with Crippen molar-refractivity contribution in [1.29, 1.82) is 10.5 Å². The van der Waals surface area contributed by atoms with Crippen LogP contribution in [-0.2, 0) is 0 Å². The van der Waals surface area contributed by atoms with Crippen LogP contribution in [0.3, 0.4) is 0 Å². The van der Waals surface area contributed by atoms with Crippen LogP contribution in [0, 0.1) is 22.7 Å². The fourth-order valence-electron chi connectivity index (χ4n) is 2.91. The number of benzene rings is 3. The van der Waals surface area contributed by atoms with Crippen LogP contribution in [0.25, 0.3) is 24.3 Å². The predicted octanol–water partition coefficient (Wildman–Crippen LogP) is 5.79. The number of nitrogens with zero attached hydrogens (tertiary/aromatic N) is 2. The molecule has 0 aliphatic carbocycles. The minimum atomic E-state index is 0.629.